The van der Waals surface area contributed by atoms with Gasteiger partial charge in [-0.2, -0.15) is 0 Å². The van der Waals surface area contributed by atoms with E-state index in [-0.39, 0.29) is 5.91 Å². The van der Waals surface area contributed by atoms with E-state index in [2.05, 4.69) is 34.2 Å². The number of anilines is 1. The van der Waals surface area contributed by atoms with Crippen molar-refractivity contribution >= 4 is 29.1 Å². The molecule has 1 amide bonds. The third-order valence-corrected chi connectivity index (χ3v) is 6.17. The molecular weight excluding hydrogens is 358 g/mol. The lowest BCUT2D eigenvalue weighted by Gasteiger charge is -2.26. The van der Waals surface area contributed by atoms with Crippen LogP contribution in [0, 0.1) is 0 Å². The topological polar surface area (TPSA) is 74.8 Å². The van der Waals surface area contributed by atoms with Gasteiger partial charge in [-0.1, -0.05) is 0 Å². The highest BCUT2D eigenvalue weighted by Crippen LogP contribution is 2.33. The number of nitrogens with two attached hydrogens (primary N) is 1. The number of carbonyl (C=O) groups is 1. The van der Waals surface area contributed by atoms with Crippen LogP contribution in [0.4, 0.5) is 5.69 Å². The summed E-state index contributed by atoms with van der Waals surface area (Å²) in [5.74, 6) is -0.0507. The summed E-state index contributed by atoms with van der Waals surface area (Å²) in [6.07, 6.45) is 6.29. The molecule has 0 unspecified atom stereocenters. The Hall–Kier alpha value is -2.67. The van der Waals surface area contributed by atoms with E-state index in [0.29, 0.717) is 17.1 Å². The number of rotatable bonds is 4. The number of nitrogens with zero attached hydrogens (tertiary/aromatic N) is 4. The van der Waals surface area contributed by atoms with Crippen LogP contribution in [0.5, 0.6) is 0 Å². The molecule has 1 aromatic heterocycles. The van der Waals surface area contributed by atoms with Crippen LogP contribution in [0.3, 0.4) is 0 Å². The molecule has 140 valence electrons. The van der Waals surface area contributed by atoms with Gasteiger partial charge in [0, 0.05) is 56.8 Å². The molecule has 27 heavy (non-hydrogen) atoms. The maximum absolute atomic E-state index is 12.9. The Morgan fingerprint density at radius 1 is 1.22 bits per heavy atom. The number of carbonyl (C=O) groups excluding carboxylic acids is 1. The molecule has 2 aliphatic rings. The normalized spacial score (nSPS) is 17.8. The number of hydrogen-bond donors (Lipinski definition) is 1. The second-order valence-electron chi connectivity index (χ2n) is 6.72. The average molecular weight is 382 g/mol. The molecule has 2 aliphatic heterocycles. The van der Waals surface area contributed by atoms with Crippen molar-refractivity contribution in [1.29, 1.82) is 0 Å². The monoisotopic (exact) mass is 381 g/mol. The van der Waals surface area contributed by atoms with E-state index >= 15 is 0 Å². The van der Waals surface area contributed by atoms with Crippen LogP contribution in [-0.4, -0.2) is 48.7 Å². The molecule has 0 bridgehead atoms. The second kappa shape index (κ2) is 7.52. The van der Waals surface area contributed by atoms with E-state index in [9.17, 15) is 4.79 Å². The number of aliphatic imine (C=N–C) groups is 1. The molecule has 2 N–H and O–H groups in total. The summed E-state index contributed by atoms with van der Waals surface area (Å²) < 4.78 is 0. The van der Waals surface area contributed by atoms with E-state index in [1.165, 1.54) is 36.1 Å². The molecule has 0 saturated carbocycles. The van der Waals surface area contributed by atoms with Crippen molar-refractivity contribution in [2.24, 2.45) is 10.7 Å². The highest BCUT2D eigenvalue weighted by Gasteiger charge is 2.30. The third kappa shape index (κ3) is 3.35. The van der Waals surface area contributed by atoms with E-state index in [1.54, 1.807) is 18.2 Å². The molecule has 0 aliphatic carbocycles. The van der Waals surface area contributed by atoms with Gasteiger partial charge in [0.15, 0.2) is 0 Å². The van der Waals surface area contributed by atoms with Gasteiger partial charge in [-0.15, -0.1) is 11.3 Å². The minimum Gasteiger partial charge on any atom is -0.403 e. The lowest BCUT2D eigenvalue weighted by Crippen LogP contribution is -2.37. The fourth-order valence-corrected chi connectivity index (χ4v) is 4.69. The van der Waals surface area contributed by atoms with Crippen molar-refractivity contribution in [1.82, 2.24) is 9.88 Å². The van der Waals surface area contributed by atoms with Crippen molar-refractivity contribution in [2.45, 2.75) is 19.3 Å². The number of benzene rings is 1. The zero-order valence-corrected chi connectivity index (χ0v) is 16.2. The highest BCUT2D eigenvalue weighted by molar-refractivity contribution is 7.17. The Morgan fingerprint density at radius 3 is 2.63 bits per heavy atom. The van der Waals surface area contributed by atoms with Crippen molar-refractivity contribution in [2.75, 3.05) is 31.6 Å². The van der Waals surface area contributed by atoms with Crippen LogP contribution in [0.2, 0.25) is 0 Å². The summed E-state index contributed by atoms with van der Waals surface area (Å²) in [6.45, 7) is 2.83. The summed E-state index contributed by atoms with van der Waals surface area (Å²) in [7, 11) is 1.67. The van der Waals surface area contributed by atoms with E-state index in [4.69, 9.17) is 10.7 Å². The first-order chi connectivity index (χ1) is 13.2. The fourth-order valence-electron chi connectivity index (χ4n) is 3.63. The molecule has 2 aromatic rings. The van der Waals surface area contributed by atoms with Crippen LogP contribution >= 0.6 is 11.3 Å². The first-order valence-corrected chi connectivity index (χ1v) is 10.0. The smallest absolute Gasteiger partial charge is 0.270 e. The number of fused-ring (bicyclic) bond motifs is 1. The summed E-state index contributed by atoms with van der Waals surface area (Å²) >= 11 is 1.46. The summed E-state index contributed by atoms with van der Waals surface area (Å²) in [5.41, 5.74) is 9.49. The van der Waals surface area contributed by atoms with Crippen molar-refractivity contribution < 1.29 is 4.79 Å². The molecule has 0 spiro atoms. The van der Waals surface area contributed by atoms with Crippen molar-refractivity contribution in [3.05, 3.63) is 46.7 Å². The van der Waals surface area contributed by atoms with Crippen LogP contribution < -0.4 is 10.6 Å². The van der Waals surface area contributed by atoms with Gasteiger partial charge in [0.1, 0.15) is 9.88 Å². The lowest BCUT2D eigenvalue weighted by molar-refractivity contribution is 0.0805. The predicted molar refractivity (Wildman–Crippen MR) is 110 cm³/mol. The van der Waals surface area contributed by atoms with Gasteiger partial charge < -0.3 is 15.5 Å². The fraction of sp³-hybridized carbons (Fsp3) is 0.350. The van der Waals surface area contributed by atoms with Crippen LogP contribution in [0.1, 0.15) is 28.2 Å². The van der Waals surface area contributed by atoms with Crippen LogP contribution in [0.25, 0.3) is 10.6 Å². The molecule has 0 atom stereocenters. The maximum atomic E-state index is 12.9. The third-order valence-electron chi connectivity index (χ3n) is 5.04. The maximum Gasteiger partial charge on any atom is 0.270 e. The highest BCUT2D eigenvalue weighted by atomic mass is 32.1. The molecular formula is C20H23N5OS. The number of aromatic nitrogens is 1. The molecule has 6 nitrogen and oxygen atoms in total. The molecule has 1 fully saturated rings. The zero-order chi connectivity index (χ0) is 18.8. The number of amides is 1. The Labute approximate surface area is 163 Å². The minimum atomic E-state index is -0.0507. The Bertz CT molecular complexity index is 894. The van der Waals surface area contributed by atoms with E-state index in [1.807, 2.05) is 0 Å². The zero-order valence-electron chi connectivity index (χ0n) is 15.4. The summed E-state index contributed by atoms with van der Waals surface area (Å²) in [4.78, 5) is 26.4. The van der Waals surface area contributed by atoms with E-state index in [0.717, 1.165) is 35.8 Å². The van der Waals surface area contributed by atoms with Gasteiger partial charge in [-0.05, 0) is 37.1 Å². The van der Waals surface area contributed by atoms with E-state index < -0.39 is 0 Å². The second-order valence-corrected chi connectivity index (χ2v) is 7.72. The average Bonchev–Trinajstić information content (AvgIpc) is 3.37. The van der Waals surface area contributed by atoms with Gasteiger partial charge in [-0.25, -0.2) is 4.98 Å². The summed E-state index contributed by atoms with van der Waals surface area (Å²) in [6, 6.07) is 8.52. The van der Waals surface area contributed by atoms with Gasteiger partial charge in [0.05, 0.1) is 11.4 Å². The Kier molecular flexibility index (Phi) is 4.94. The lowest BCUT2D eigenvalue weighted by atomic mass is 10.1. The first-order valence-electron chi connectivity index (χ1n) is 9.22. The standard InChI is InChI=1S/C20H23N5OS/c1-22-13-16(12-21)25-11-8-17-18(20(25)26)27-19(23-17)14-4-6-15(7-5-14)24-9-2-3-10-24/h4-7,12-13H,2-3,8-11,21H2,1H3/b16-12+,22-13?. The van der Waals surface area contributed by atoms with Gasteiger partial charge in [-0.3, -0.25) is 9.79 Å². The first kappa shape index (κ1) is 17.7. The van der Waals surface area contributed by atoms with Crippen LogP contribution in [0.15, 0.2) is 41.2 Å². The largest absolute Gasteiger partial charge is 0.403 e. The number of hydrogen-bond acceptors (Lipinski definition) is 6. The van der Waals surface area contributed by atoms with Crippen molar-refractivity contribution in [3.8, 4) is 10.6 Å². The van der Waals surface area contributed by atoms with Crippen molar-refractivity contribution in [3.63, 3.8) is 0 Å². The predicted octanol–water partition coefficient (Wildman–Crippen LogP) is 2.91. The van der Waals surface area contributed by atoms with Crippen LogP contribution in [-0.2, 0) is 6.42 Å². The molecule has 3 heterocycles. The quantitative estimate of drug-likeness (QED) is 0.827. The minimum absolute atomic E-state index is 0.0507. The van der Waals surface area contributed by atoms with Gasteiger partial charge in [0.25, 0.3) is 5.91 Å². The summed E-state index contributed by atoms with van der Waals surface area (Å²) in [5, 5.41) is 0.894. The SMILES string of the molecule is CN=C/C(=C\N)N1CCc2nc(-c3ccc(N4CCCC4)cc3)sc2C1=O. The molecule has 1 saturated heterocycles. The van der Waals surface area contributed by atoms with Gasteiger partial charge in [0.2, 0.25) is 0 Å². The number of thiazole rings is 1. The Morgan fingerprint density at radius 2 is 1.96 bits per heavy atom. The molecule has 0 radical (unpaired) electrons. The molecule has 7 heteroatoms. The Balaban J connectivity index is 1.58. The molecule has 4 rings (SSSR count). The molecule has 1 aromatic carbocycles. The van der Waals surface area contributed by atoms with Gasteiger partial charge >= 0.3 is 0 Å². The number of allylic oxidation sites excluding steroid dienone is 1.